The molecular weight excluding hydrogens is 241 g/mol. The first-order chi connectivity index (χ1) is 9.17. The summed E-state index contributed by atoms with van der Waals surface area (Å²) in [5.74, 6) is 0.622. The van der Waals surface area contributed by atoms with Crippen molar-refractivity contribution >= 4 is 5.82 Å². The lowest BCUT2D eigenvalue weighted by Gasteiger charge is -2.13. The van der Waals surface area contributed by atoms with Gasteiger partial charge in [-0.1, -0.05) is 13.3 Å². The number of anilines is 1. The van der Waals surface area contributed by atoms with Crippen LogP contribution in [-0.2, 0) is 6.42 Å². The van der Waals surface area contributed by atoms with Gasteiger partial charge in [0.1, 0.15) is 18.0 Å². The van der Waals surface area contributed by atoms with Gasteiger partial charge in [0.05, 0.1) is 5.69 Å². The zero-order chi connectivity index (χ0) is 13.8. The fourth-order valence-electron chi connectivity index (χ4n) is 2.24. The van der Waals surface area contributed by atoms with Gasteiger partial charge in [0.15, 0.2) is 0 Å². The number of hydrogen-bond acceptors (Lipinski definition) is 3. The Morgan fingerprint density at radius 1 is 1.26 bits per heavy atom. The fourth-order valence-corrected chi connectivity index (χ4v) is 2.24. The summed E-state index contributed by atoms with van der Waals surface area (Å²) >= 11 is 0. The number of nitrogens with one attached hydrogen (secondary N) is 1. The molecule has 0 saturated heterocycles. The molecule has 0 spiro atoms. The Bertz CT molecular complexity index is 582. The highest BCUT2D eigenvalue weighted by molar-refractivity contribution is 5.70. The summed E-state index contributed by atoms with van der Waals surface area (Å²) in [7, 11) is 1.85. The van der Waals surface area contributed by atoms with Crippen LogP contribution in [0.5, 0.6) is 0 Å². The third-order valence-electron chi connectivity index (χ3n) is 3.13. The Balaban J connectivity index is 2.60. The van der Waals surface area contributed by atoms with E-state index >= 15 is 0 Å². The predicted octanol–water partition coefficient (Wildman–Crippen LogP) is 3.59. The van der Waals surface area contributed by atoms with E-state index < -0.39 is 0 Å². The van der Waals surface area contributed by atoms with E-state index in [2.05, 4.69) is 22.2 Å². The number of nitrogens with zero attached hydrogens (tertiary/aromatic N) is 2. The number of aromatic nitrogens is 2. The Morgan fingerprint density at radius 3 is 2.68 bits per heavy atom. The molecule has 19 heavy (non-hydrogen) atoms. The van der Waals surface area contributed by atoms with Gasteiger partial charge in [-0.25, -0.2) is 14.4 Å². The van der Waals surface area contributed by atoms with E-state index in [1.54, 1.807) is 12.4 Å². The summed E-state index contributed by atoms with van der Waals surface area (Å²) in [4.78, 5) is 8.65. The lowest BCUT2D eigenvalue weighted by Crippen LogP contribution is -2.03. The monoisotopic (exact) mass is 259 g/mol. The Hall–Kier alpha value is -1.97. The molecule has 0 aliphatic rings. The highest BCUT2D eigenvalue weighted by atomic mass is 19.1. The molecule has 3 nitrogen and oxygen atoms in total. The predicted molar refractivity (Wildman–Crippen MR) is 75.7 cm³/mol. The minimum atomic E-state index is -0.221. The molecule has 0 atom stereocenters. The maximum absolute atomic E-state index is 13.2. The van der Waals surface area contributed by atoms with Gasteiger partial charge >= 0.3 is 0 Å². The first-order valence-corrected chi connectivity index (χ1v) is 6.45. The molecule has 1 aromatic carbocycles. The number of aryl methyl sites for hydroxylation is 1. The highest BCUT2D eigenvalue weighted by Gasteiger charge is 2.13. The molecule has 0 aliphatic carbocycles. The molecule has 0 fully saturated rings. The summed E-state index contributed by atoms with van der Waals surface area (Å²) < 4.78 is 13.2. The highest BCUT2D eigenvalue weighted by Crippen LogP contribution is 2.29. The van der Waals surface area contributed by atoms with Crippen LogP contribution in [0, 0.1) is 12.7 Å². The smallest absolute Gasteiger partial charge is 0.132 e. The third-order valence-corrected chi connectivity index (χ3v) is 3.13. The first-order valence-electron chi connectivity index (χ1n) is 6.45. The largest absolute Gasteiger partial charge is 0.373 e. The molecule has 1 aromatic heterocycles. The van der Waals surface area contributed by atoms with Gasteiger partial charge in [-0.15, -0.1) is 0 Å². The second kappa shape index (κ2) is 5.78. The molecular formula is C15H18FN3. The number of hydrogen-bond donors (Lipinski definition) is 1. The summed E-state index contributed by atoms with van der Waals surface area (Å²) in [5.41, 5.74) is 3.82. The molecule has 2 aromatic rings. The van der Waals surface area contributed by atoms with Crippen molar-refractivity contribution in [3.63, 3.8) is 0 Å². The van der Waals surface area contributed by atoms with Crippen LogP contribution in [0.25, 0.3) is 11.3 Å². The van der Waals surface area contributed by atoms with Crippen LogP contribution in [0.15, 0.2) is 24.5 Å². The summed E-state index contributed by atoms with van der Waals surface area (Å²) in [6, 6.07) is 4.79. The van der Waals surface area contributed by atoms with Crippen molar-refractivity contribution in [3.8, 4) is 11.3 Å². The summed E-state index contributed by atoms with van der Waals surface area (Å²) in [6.07, 6.45) is 3.45. The Kier molecular flexibility index (Phi) is 4.10. The molecule has 1 N–H and O–H groups in total. The van der Waals surface area contributed by atoms with Crippen molar-refractivity contribution in [2.45, 2.75) is 26.7 Å². The van der Waals surface area contributed by atoms with Crippen LogP contribution in [-0.4, -0.2) is 17.0 Å². The normalized spacial score (nSPS) is 10.5. The van der Waals surface area contributed by atoms with Crippen LogP contribution < -0.4 is 5.32 Å². The van der Waals surface area contributed by atoms with Gasteiger partial charge in [-0.05, 0) is 37.1 Å². The summed E-state index contributed by atoms with van der Waals surface area (Å²) in [5, 5.41) is 3.10. The molecule has 0 bridgehead atoms. The van der Waals surface area contributed by atoms with Crippen molar-refractivity contribution < 1.29 is 4.39 Å². The van der Waals surface area contributed by atoms with Crippen LogP contribution in [0.1, 0.15) is 24.5 Å². The van der Waals surface area contributed by atoms with Gasteiger partial charge in [0.25, 0.3) is 0 Å². The van der Waals surface area contributed by atoms with Crippen molar-refractivity contribution in [1.29, 1.82) is 0 Å². The van der Waals surface area contributed by atoms with Gasteiger partial charge in [-0.2, -0.15) is 0 Å². The van der Waals surface area contributed by atoms with Gasteiger partial charge in [0, 0.05) is 18.2 Å². The molecule has 0 unspecified atom stereocenters. The first kappa shape index (κ1) is 13.5. The lowest BCUT2D eigenvalue weighted by atomic mass is 9.99. The molecule has 0 radical (unpaired) electrons. The number of benzene rings is 1. The van der Waals surface area contributed by atoms with E-state index in [9.17, 15) is 4.39 Å². The number of rotatable bonds is 4. The third kappa shape index (κ3) is 2.72. The zero-order valence-corrected chi connectivity index (χ0v) is 11.5. The molecule has 0 aliphatic heterocycles. The number of halogens is 1. The van der Waals surface area contributed by atoms with E-state index in [0.29, 0.717) is 0 Å². The van der Waals surface area contributed by atoms with E-state index in [1.165, 1.54) is 12.1 Å². The van der Waals surface area contributed by atoms with E-state index in [1.807, 2.05) is 14.0 Å². The topological polar surface area (TPSA) is 37.8 Å². The van der Waals surface area contributed by atoms with Crippen molar-refractivity contribution in [3.05, 3.63) is 41.5 Å². The zero-order valence-electron chi connectivity index (χ0n) is 11.5. The van der Waals surface area contributed by atoms with Crippen LogP contribution in [0.4, 0.5) is 10.2 Å². The Morgan fingerprint density at radius 2 is 2.05 bits per heavy atom. The van der Waals surface area contributed by atoms with Crippen LogP contribution in [0.3, 0.4) is 0 Å². The molecule has 4 heteroatoms. The van der Waals surface area contributed by atoms with E-state index in [-0.39, 0.29) is 5.82 Å². The second-order valence-electron chi connectivity index (χ2n) is 4.51. The van der Waals surface area contributed by atoms with Crippen molar-refractivity contribution in [1.82, 2.24) is 9.97 Å². The van der Waals surface area contributed by atoms with Crippen LogP contribution in [0.2, 0.25) is 0 Å². The van der Waals surface area contributed by atoms with Gasteiger partial charge in [-0.3, -0.25) is 0 Å². The van der Waals surface area contributed by atoms with Crippen molar-refractivity contribution in [2.75, 3.05) is 12.4 Å². The second-order valence-corrected chi connectivity index (χ2v) is 4.51. The maximum atomic E-state index is 13.2. The van der Waals surface area contributed by atoms with E-state index in [0.717, 1.165) is 41.0 Å². The fraction of sp³-hybridized carbons (Fsp3) is 0.333. The SMILES string of the molecule is CCCc1c(NC)ncnc1-c1ccc(F)cc1C. The summed E-state index contributed by atoms with van der Waals surface area (Å²) in [6.45, 7) is 4.02. The molecule has 0 saturated carbocycles. The Labute approximate surface area is 112 Å². The molecule has 100 valence electrons. The molecule has 1 heterocycles. The minimum absolute atomic E-state index is 0.221. The minimum Gasteiger partial charge on any atom is -0.373 e. The average Bonchev–Trinajstić information content (AvgIpc) is 2.40. The van der Waals surface area contributed by atoms with Gasteiger partial charge in [0.2, 0.25) is 0 Å². The standard InChI is InChI=1S/C15H18FN3/c1-4-5-13-14(18-9-19-15(13)17-3)12-7-6-11(16)8-10(12)2/h6-9H,4-5H2,1-3H3,(H,17,18,19). The van der Waals surface area contributed by atoms with Crippen molar-refractivity contribution in [2.24, 2.45) is 0 Å². The quantitative estimate of drug-likeness (QED) is 0.911. The molecule has 2 rings (SSSR count). The van der Waals surface area contributed by atoms with E-state index in [4.69, 9.17) is 0 Å². The molecule has 0 amide bonds. The van der Waals surface area contributed by atoms with Gasteiger partial charge < -0.3 is 5.32 Å². The maximum Gasteiger partial charge on any atom is 0.132 e. The van der Waals surface area contributed by atoms with Crippen LogP contribution >= 0.6 is 0 Å². The lowest BCUT2D eigenvalue weighted by molar-refractivity contribution is 0.627. The average molecular weight is 259 g/mol.